The van der Waals surface area contributed by atoms with Gasteiger partial charge in [0.2, 0.25) is 26.6 Å². The van der Waals surface area contributed by atoms with Crippen LogP contribution in [-0.4, -0.2) is 26.5 Å². The zero-order valence-corrected chi connectivity index (χ0v) is 18.0. The summed E-state index contributed by atoms with van der Waals surface area (Å²) in [6.07, 6.45) is 4.19. The number of aromatic nitrogens is 1. The van der Waals surface area contributed by atoms with Crippen molar-refractivity contribution in [2.45, 2.75) is 35.6 Å². The van der Waals surface area contributed by atoms with Crippen LogP contribution < -0.4 is 4.90 Å². The molecular weight excluding hydrogens is 431 g/mol. The van der Waals surface area contributed by atoms with E-state index in [-0.39, 0.29) is 21.7 Å². The van der Waals surface area contributed by atoms with E-state index >= 15 is 0 Å². The number of benzene rings is 2. The van der Waals surface area contributed by atoms with Crippen LogP contribution in [0, 0.1) is 0 Å². The number of halogens is 2. The molecule has 3 aromatic rings. The first-order valence-electron chi connectivity index (χ1n) is 9.47. The summed E-state index contributed by atoms with van der Waals surface area (Å²) in [5.41, 5.74) is 0.631. The van der Waals surface area contributed by atoms with Gasteiger partial charge in [0, 0.05) is 28.7 Å². The fourth-order valence-corrected chi connectivity index (χ4v) is 5.05. The van der Waals surface area contributed by atoms with Crippen LogP contribution in [-0.2, 0) is 9.84 Å². The third-order valence-electron chi connectivity index (χ3n) is 4.92. The van der Waals surface area contributed by atoms with Crippen molar-refractivity contribution in [1.29, 1.82) is 0 Å². The highest BCUT2D eigenvalue weighted by Crippen LogP contribution is 2.36. The molecule has 0 N–H and O–H groups in total. The lowest BCUT2D eigenvalue weighted by atomic mass is 10.2. The minimum Gasteiger partial charge on any atom is -0.419 e. The summed E-state index contributed by atoms with van der Waals surface area (Å²) >= 11 is 12.0. The second-order valence-corrected chi connectivity index (χ2v) is 9.74. The molecule has 0 bridgehead atoms. The fourth-order valence-electron chi connectivity index (χ4n) is 3.42. The van der Waals surface area contributed by atoms with E-state index in [1.165, 1.54) is 12.1 Å². The molecule has 1 fully saturated rings. The average molecular weight is 451 g/mol. The molecule has 1 aromatic heterocycles. The van der Waals surface area contributed by atoms with Gasteiger partial charge in [-0.15, -0.1) is 0 Å². The highest BCUT2D eigenvalue weighted by atomic mass is 35.5. The molecule has 4 rings (SSSR count). The Morgan fingerprint density at radius 3 is 2.24 bits per heavy atom. The highest BCUT2D eigenvalue weighted by molar-refractivity contribution is 7.91. The van der Waals surface area contributed by atoms with Crippen molar-refractivity contribution in [3.8, 4) is 11.5 Å². The molecule has 0 radical (unpaired) electrons. The Bertz CT molecular complexity index is 1100. The minimum atomic E-state index is -3.88. The van der Waals surface area contributed by atoms with E-state index in [2.05, 4.69) is 4.98 Å². The van der Waals surface area contributed by atoms with E-state index in [0.717, 1.165) is 38.8 Å². The Labute approximate surface area is 180 Å². The van der Waals surface area contributed by atoms with Gasteiger partial charge in [0.1, 0.15) is 0 Å². The van der Waals surface area contributed by atoms with E-state index < -0.39 is 9.84 Å². The van der Waals surface area contributed by atoms with Crippen molar-refractivity contribution in [2.75, 3.05) is 18.0 Å². The topological polar surface area (TPSA) is 63.4 Å². The molecule has 1 aliphatic rings. The van der Waals surface area contributed by atoms with Gasteiger partial charge in [0.25, 0.3) is 0 Å². The molecule has 0 aliphatic carbocycles. The number of rotatable bonds is 4. The van der Waals surface area contributed by atoms with Crippen LogP contribution in [0.3, 0.4) is 0 Å². The molecule has 1 saturated heterocycles. The monoisotopic (exact) mass is 450 g/mol. The fraction of sp³-hybridized carbons (Fsp3) is 0.286. The van der Waals surface area contributed by atoms with E-state index in [9.17, 15) is 8.42 Å². The summed E-state index contributed by atoms with van der Waals surface area (Å²) in [6.45, 7) is 1.46. The van der Waals surface area contributed by atoms with Gasteiger partial charge in [-0.3, -0.25) is 0 Å². The lowest BCUT2D eigenvalue weighted by Crippen LogP contribution is -2.25. The van der Waals surface area contributed by atoms with Gasteiger partial charge in [-0.05, 0) is 55.3 Å². The zero-order chi connectivity index (χ0) is 20.4. The molecule has 29 heavy (non-hydrogen) atoms. The Morgan fingerprint density at radius 1 is 0.897 bits per heavy atom. The Morgan fingerprint density at radius 2 is 1.59 bits per heavy atom. The Hall–Kier alpha value is -2.02. The first-order chi connectivity index (χ1) is 13.9. The number of hydrogen-bond donors (Lipinski definition) is 0. The first kappa shape index (κ1) is 20.3. The zero-order valence-electron chi connectivity index (χ0n) is 15.6. The molecule has 152 valence electrons. The van der Waals surface area contributed by atoms with Crippen molar-refractivity contribution in [2.24, 2.45) is 0 Å². The molecule has 0 unspecified atom stereocenters. The normalized spacial score (nSPS) is 15.3. The maximum atomic E-state index is 13.4. The van der Waals surface area contributed by atoms with Crippen molar-refractivity contribution in [3.05, 3.63) is 58.6 Å². The Balaban J connectivity index is 1.85. The maximum absolute atomic E-state index is 13.4. The average Bonchev–Trinajstić information content (AvgIpc) is 2.98. The van der Waals surface area contributed by atoms with Gasteiger partial charge in [0.15, 0.2) is 0 Å². The van der Waals surface area contributed by atoms with E-state index in [4.69, 9.17) is 27.6 Å². The molecule has 0 saturated carbocycles. The second-order valence-electron chi connectivity index (χ2n) is 7.00. The van der Waals surface area contributed by atoms with Crippen molar-refractivity contribution >= 4 is 38.9 Å². The summed E-state index contributed by atoms with van der Waals surface area (Å²) < 4.78 is 32.8. The molecule has 1 aliphatic heterocycles. The van der Waals surface area contributed by atoms with Gasteiger partial charge >= 0.3 is 0 Å². The van der Waals surface area contributed by atoms with Crippen molar-refractivity contribution in [1.82, 2.24) is 4.98 Å². The third-order valence-corrected chi connectivity index (χ3v) is 7.08. The lowest BCUT2D eigenvalue weighted by molar-refractivity contribution is 0.543. The van der Waals surface area contributed by atoms with Gasteiger partial charge in [-0.2, -0.15) is 4.98 Å². The smallest absolute Gasteiger partial charge is 0.236 e. The van der Waals surface area contributed by atoms with Crippen LogP contribution >= 0.6 is 23.2 Å². The quantitative estimate of drug-likeness (QED) is 0.497. The summed E-state index contributed by atoms with van der Waals surface area (Å²) in [5, 5.41) is 0.923. The second kappa shape index (κ2) is 8.38. The SMILES string of the molecule is O=S(=O)(c1ccc(Cl)cc1)c1nc(-c2cccc(Cl)c2)oc1N1CCCCCC1. The number of anilines is 1. The van der Waals surface area contributed by atoms with Crippen LogP contribution in [0.25, 0.3) is 11.5 Å². The maximum Gasteiger partial charge on any atom is 0.236 e. The lowest BCUT2D eigenvalue weighted by Gasteiger charge is -2.20. The standard InChI is InChI=1S/C21H20Cl2N2O3S/c22-16-8-10-18(11-9-16)29(26,27)20-21(25-12-3-1-2-4-13-25)28-19(24-20)15-6-5-7-17(23)14-15/h5-11,14H,1-4,12-13H2. The summed E-state index contributed by atoms with van der Waals surface area (Å²) in [4.78, 5) is 6.52. The van der Waals surface area contributed by atoms with Crippen molar-refractivity contribution in [3.63, 3.8) is 0 Å². The molecule has 8 heteroatoms. The van der Waals surface area contributed by atoms with Crippen LogP contribution in [0.2, 0.25) is 10.0 Å². The summed E-state index contributed by atoms with van der Waals surface area (Å²) in [6, 6.07) is 13.1. The van der Waals surface area contributed by atoms with Crippen LogP contribution in [0.15, 0.2) is 62.9 Å². The molecule has 0 atom stereocenters. The molecule has 0 amide bonds. The predicted octanol–water partition coefficient (Wildman–Crippen LogP) is 5.86. The number of nitrogens with zero attached hydrogens (tertiary/aromatic N) is 2. The molecule has 0 spiro atoms. The van der Waals surface area contributed by atoms with Crippen LogP contribution in [0.5, 0.6) is 0 Å². The summed E-state index contributed by atoms with van der Waals surface area (Å²) in [7, 11) is -3.88. The largest absolute Gasteiger partial charge is 0.419 e. The van der Waals surface area contributed by atoms with Gasteiger partial charge < -0.3 is 9.32 Å². The molecular formula is C21H20Cl2N2O3S. The highest BCUT2D eigenvalue weighted by Gasteiger charge is 2.31. The van der Waals surface area contributed by atoms with Crippen LogP contribution in [0.4, 0.5) is 5.88 Å². The number of hydrogen-bond acceptors (Lipinski definition) is 5. The predicted molar refractivity (Wildman–Crippen MR) is 115 cm³/mol. The number of sulfone groups is 1. The summed E-state index contributed by atoms with van der Waals surface area (Å²) in [5.74, 6) is 0.524. The van der Waals surface area contributed by atoms with Gasteiger partial charge in [0.05, 0.1) is 4.90 Å². The molecule has 5 nitrogen and oxygen atoms in total. The van der Waals surface area contributed by atoms with E-state index in [0.29, 0.717) is 15.6 Å². The minimum absolute atomic E-state index is 0.0725. The molecule has 2 heterocycles. The van der Waals surface area contributed by atoms with E-state index in [1.807, 2.05) is 4.90 Å². The third kappa shape index (κ3) is 4.29. The van der Waals surface area contributed by atoms with Gasteiger partial charge in [-0.1, -0.05) is 42.1 Å². The first-order valence-corrected chi connectivity index (χ1v) is 11.7. The van der Waals surface area contributed by atoms with E-state index in [1.54, 1.807) is 36.4 Å². The molecule has 2 aromatic carbocycles. The van der Waals surface area contributed by atoms with Crippen molar-refractivity contribution < 1.29 is 12.8 Å². The Kier molecular flexibility index (Phi) is 5.86. The number of oxazole rings is 1. The van der Waals surface area contributed by atoms with Gasteiger partial charge in [-0.25, -0.2) is 8.42 Å². The van der Waals surface area contributed by atoms with Crippen LogP contribution in [0.1, 0.15) is 25.7 Å².